The van der Waals surface area contributed by atoms with Crippen LogP contribution in [0.15, 0.2) is 59.5 Å². The molecular formula is C19H21NO4S. The molecular weight excluding hydrogens is 338 g/mol. The highest BCUT2D eigenvalue weighted by molar-refractivity contribution is 7.92. The van der Waals surface area contributed by atoms with Gasteiger partial charge in [0.15, 0.2) is 0 Å². The Labute approximate surface area is 148 Å². The third kappa shape index (κ3) is 4.93. The van der Waals surface area contributed by atoms with Gasteiger partial charge in [0.05, 0.1) is 10.5 Å². The van der Waals surface area contributed by atoms with Gasteiger partial charge in [-0.25, -0.2) is 13.2 Å². The van der Waals surface area contributed by atoms with Crippen LogP contribution in [0.3, 0.4) is 0 Å². The Bertz CT molecular complexity index is 917. The lowest BCUT2D eigenvalue weighted by Gasteiger charge is -2.12. The van der Waals surface area contributed by atoms with E-state index in [1.54, 1.807) is 44.2 Å². The number of benzene rings is 2. The second kappa shape index (κ2) is 7.53. The molecule has 0 bridgehead atoms. The van der Waals surface area contributed by atoms with Crippen molar-refractivity contribution in [3.63, 3.8) is 0 Å². The first-order valence-corrected chi connectivity index (χ1v) is 9.19. The first kappa shape index (κ1) is 18.7. The van der Waals surface area contributed by atoms with Crippen molar-refractivity contribution in [1.29, 1.82) is 0 Å². The molecule has 0 spiro atoms. The number of hydrogen-bond donors (Lipinski definition) is 1. The molecule has 0 aromatic heterocycles. The minimum atomic E-state index is -3.82. The lowest BCUT2D eigenvalue weighted by molar-refractivity contribution is 0.0540. The maximum atomic E-state index is 12.7. The minimum absolute atomic E-state index is 0.0405. The first-order valence-electron chi connectivity index (χ1n) is 7.71. The van der Waals surface area contributed by atoms with Gasteiger partial charge in [-0.15, -0.1) is 0 Å². The van der Waals surface area contributed by atoms with Gasteiger partial charge in [-0.05, 0) is 61.7 Å². The normalized spacial score (nSPS) is 11.0. The van der Waals surface area contributed by atoms with Crippen molar-refractivity contribution in [2.75, 3.05) is 11.3 Å². The summed E-state index contributed by atoms with van der Waals surface area (Å²) in [5.74, 6) is -0.588. The number of carbonyl (C=O) groups excluding carboxylic acids is 1. The van der Waals surface area contributed by atoms with Crippen LogP contribution in [0.25, 0.3) is 0 Å². The predicted octanol–water partition coefficient (Wildman–Crippen LogP) is 3.84. The Morgan fingerprint density at radius 3 is 2.52 bits per heavy atom. The third-order valence-corrected chi connectivity index (χ3v) is 4.96. The van der Waals surface area contributed by atoms with E-state index in [0.717, 1.165) is 5.56 Å². The molecule has 0 heterocycles. The number of carbonyl (C=O) groups is 1. The van der Waals surface area contributed by atoms with Gasteiger partial charge in [-0.3, -0.25) is 4.72 Å². The Morgan fingerprint density at radius 2 is 1.88 bits per heavy atom. The fourth-order valence-corrected chi connectivity index (χ4v) is 3.53. The van der Waals surface area contributed by atoms with Crippen LogP contribution >= 0.6 is 0 Å². The highest BCUT2D eigenvalue weighted by Gasteiger charge is 2.20. The lowest BCUT2D eigenvalue weighted by Crippen LogP contribution is -2.16. The lowest BCUT2D eigenvalue weighted by atomic mass is 10.1. The highest BCUT2D eigenvalue weighted by atomic mass is 32.2. The smallest absolute Gasteiger partial charge is 0.338 e. The SMILES string of the molecule is C=C(C)COC(=O)c1ccc(C)c(S(=O)(=O)Nc2cccc(C)c2)c1. The van der Waals surface area contributed by atoms with Crippen molar-refractivity contribution in [3.8, 4) is 0 Å². The predicted molar refractivity (Wildman–Crippen MR) is 98.3 cm³/mol. The minimum Gasteiger partial charge on any atom is -0.458 e. The Balaban J connectivity index is 2.32. The summed E-state index contributed by atoms with van der Waals surface area (Å²) in [6, 6.07) is 11.5. The zero-order valence-corrected chi connectivity index (χ0v) is 15.3. The third-order valence-electron chi connectivity index (χ3n) is 3.43. The number of rotatable bonds is 6. The summed E-state index contributed by atoms with van der Waals surface area (Å²) < 4.78 is 33.0. The van der Waals surface area contributed by atoms with Gasteiger partial charge in [-0.1, -0.05) is 24.8 Å². The van der Waals surface area contributed by atoms with Crippen LogP contribution in [0.1, 0.15) is 28.4 Å². The van der Waals surface area contributed by atoms with E-state index < -0.39 is 16.0 Å². The summed E-state index contributed by atoms with van der Waals surface area (Å²) in [4.78, 5) is 12.1. The molecule has 0 aliphatic heterocycles. The van der Waals surface area contributed by atoms with E-state index in [2.05, 4.69) is 11.3 Å². The van der Waals surface area contributed by atoms with Crippen LogP contribution in [-0.4, -0.2) is 21.0 Å². The van der Waals surface area contributed by atoms with Crippen molar-refractivity contribution >= 4 is 21.7 Å². The molecule has 5 nitrogen and oxygen atoms in total. The fourth-order valence-electron chi connectivity index (χ4n) is 2.21. The first-order chi connectivity index (χ1) is 11.7. The van der Waals surface area contributed by atoms with Crippen LogP contribution in [0.5, 0.6) is 0 Å². The summed E-state index contributed by atoms with van der Waals surface area (Å²) in [6.45, 7) is 9.05. The van der Waals surface area contributed by atoms with Gasteiger partial charge >= 0.3 is 5.97 Å². The average Bonchev–Trinajstić information content (AvgIpc) is 2.52. The molecule has 1 N–H and O–H groups in total. The van der Waals surface area contributed by atoms with Crippen LogP contribution in [0, 0.1) is 13.8 Å². The molecule has 25 heavy (non-hydrogen) atoms. The molecule has 0 saturated carbocycles. The van der Waals surface area contributed by atoms with E-state index in [9.17, 15) is 13.2 Å². The average molecular weight is 359 g/mol. The number of sulfonamides is 1. The van der Waals surface area contributed by atoms with Crippen LogP contribution < -0.4 is 4.72 Å². The van der Waals surface area contributed by atoms with E-state index in [-0.39, 0.29) is 17.1 Å². The number of anilines is 1. The molecule has 2 aromatic carbocycles. The summed E-state index contributed by atoms with van der Waals surface area (Å²) in [7, 11) is -3.82. The molecule has 0 radical (unpaired) electrons. The van der Waals surface area contributed by atoms with Crippen molar-refractivity contribution in [2.24, 2.45) is 0 Å². The Kier molecular flexibility index (Phi) is 5.64. The number of ether oxygens (including phenoxy) is 1. The molecule has 132 valence electrons. The zero-order valence-electron chi connectivity index (χ0n) is 14.5. The number of hydrogen-bond acceptors (Lipinski definition) is 4. The summed E-state index contributed by atoms with van der Waals surface area (Å²) in [5, 5.41) is 0. The van der Waals surface area contributed by atoms with E-state index in [1.165, 1.54) is 6.07 Å². The molecule has 0 fully saturated rings. The van der Waals surface area contributed by atoms with E-state index in [1.807, 2.05) is 13.0 Å². The highest BCUT2D eigenvalue weighted by Crippen LogP contribution is 2.22. The van der Waals surface area contributed by atoms with Crippen molar-refractivity contribution in [3.05, 3.63) is 71.3 Å². The quantitative estimate of drug-likeness (QED) is 0.628. The molecule has 2 rings (SSSR count). The van der Waals surface area contributed by atoms with Crippen LogP contribution in [0.4, 0.5) is 5.69 Å². The zero-order chi connectivity index (χ0) is 18.6. The molecule has 0 amide bonds. The van der Waals surface area contributed by atoms with E-state index in [4.69, 9.17) is 4.74 Å². The topological polar surface area (TPSA) is 72.5 Å². The molecule has 2 aromatic rings. The monoisotopic (exact) mass is 359 g/mol. The number of aryl methyl sites for hydroxylation is 2. The Hall–Kier alpha value is -2.60. The largest absolute Gasteiger partial charge is 0.458 e. The molecule has 0 aliphatic rings. The summed E-state index contributed by atoms with van der Waals surface area (Å²) >= 11 is 0. The van der Waals surface area contributed by atoms with Crippen molar-refractivity contribution in [1.82, 2.24) is 0 Å². The summed E-state index contributed by atoms with van der Waals surface area (Å²) in [5.41, 5.74) is 2.83. The molecule has 0 saturated heterocycles. The fraction of sp³-hybridized carbons (Fsp3) is 0.211. The maximum absolute atomic E-state index is 12.7. The van der Waals surface area contributed by atoms with Crippen molar-refractivity contribution in [2.45, 2.75) is 25.7 Å². The molecule has 6 heteroatoms. The van der Waals surface area contributed by atoms with Gasteiger partial charge in [0.2, 0.25) is 0 Å². The molecule has 0 atom stereocenters. The van der Waals surface area contributed by atoms with Crippen LogP contribution in [-0.2, 0) is 14.8 Å². The van der Waals surface area contributed by atoms with Gasteiger partial charge in [-0.2, -0.15) is 0 Å². The van der Waals surface area contributed by atoms with E-state index >= 15 is 0 Å². The summed E-state index contributed by atoms with van der Waals surface area (Å²) in [6.07, 6.45) is 0. The standard InChI is InChI=1S/C19H21NO4S/c1-13(2)12-24-19(21)16-9-8-15(4)18(11-16)25(22,23)20-17-7-5-6-14(3)10-17/h5-11,20H,1,12H2,2-4H3. The number of nitrogens with one attached hydrogen (secondary N) is 1. The number of esters is 1. The van der Waals surface area contributed by atoms with Gasteiger partial charge in [0, 0.05) is 5.69 Å². The van der Waals surface area contributed by atoms with Gasteiger partial charge in [0.1, 0.15) is 6.61 Å². The molecule has 0 aliphatic carbocycles. The van der Waals surface area contributed by atoms with Crippen LogP contribution in [0.2, 0.25) is 0 Å². The molecule has 0 unspecified atom stereocenters. The second-order valence-corrected chi connectivity index (χ2v) is 7.64. The second-order valence-electron chi connectivity index (χ2n) is 5.99. The van der Waals surface area contributed by atoms with Crippen molar-refractivity contribution < 1.29 is 17.9 Å². The van der Waals surface area contributed by atoms with E-state index in [0.29, 0.717) is 16.8 Å². The van der Waals surface area contributed by atoms with Gasteiger partial charge in [0.25, 0.3) is 10.0 Å². The van der Waals surface area contributed by atoms with Gasteiger partial charge < -0.3 is 4.74 Å². The maximum Gasteiger partial charge on any atom is 0.338 e. The Morgan fingerprint density at radius 1 is 1.16 bits per heavy atom.